The van der Waals surface area contributed by atoms with E-state index in [1.807, 2.05) is 13.8 Å². The maximum atomic E-state index is 11.1. The Hall–Kier alpha value is -0.650. The van der Waals surface area contributed by atoms with E-state index < -0.39 is 12.0 Å². The van der Waals surface area contributed by atoms with Crippen molar-refractivity contribution in [1.82, 2.24) is 10.2 Å². The molecule has 0 aromatic rings. The summed E-state index contributed by atoms with van der Waals surface area (Å²) >= 11 is 0. The number of aliphatic carboxylic acids is 1. The van der Waals surface area contributed by atoms with Crippen molar-refractivity contribution in [3.8, 4) is 0 Å². The van der Waals surface area contributed by atoms with E-state index in [9.17, 15) is 4.79 Å². The molecular weight excluding hydrogens is 232 g/mol. The maximum absolute atomic E-state index is 11.1. The average molecular weight is 258 g/mol. The number of carboxylic acids is 1. The summed E-state index contributed by atoms with van der Waals surface area (Å²) in [6.45, 7) is 6.38. The maximum Gasteiger partial charge on any atom is 0.320 e. The van der Waals surface area contributed by atoms with Gasteiger partial charge in [-0.05, 0) is 19.3 Å². The number of nitrogens with one attached hydrogen (secondary N) is 1. The van der Waals surface area contributed by atoms with Gasteiger partial charge >= 0.3 is 5.97 Å². The molecule has 1 fully saturated rings. The molecule has 0 bridgehead atoms. The van der Waals surface area contributed by atoms with Crippen LogP contribution in [0.2, 0.25) is 0 Å². The second-order valence-electron chi connectivity index (χ2n) is 5.26. The van der Waals surface area contributed by atoms with E-state index in [4.69, 9.17) is 9.84 Å². The van der Waals surface area contributed by atoms with Crippen molar-refractivity contribution in [1.29, 1.82) is 0 Å². The first-order valence-electron chi connectivity index (χ1n) is 6.76. The van der Waals surface area contributed by atoms with E-state index in [0.29, 0.717) is 19.1 Å². The fourth-order valence-electron chi connectivity index (χ4n) is 2.10. The highest BCUT2D eigenvalue weighted by molar-refractivity contribution is 5.73. The minimum atomic E-state index is -0.758. The van der Waals surface area contributed by atoms with E-state index in [2.05, 4.69) is 10.2 Å². The van der Waals surface area contributed by atoms with Crippen LogP contribution in [-0.2, 0) is 9.53 Å². The SMILES string of the molecule is COCCN(CCC(NC(C)C)C(=O)O)C1CC1. The van der Waals surface area contributed by atoms with E-state index >= 15 is 0 Å². The summed E-state index contributed by atoms with van der Waals surface area (Å²) in [7, 11) is 1.70. The number of hydrogen-bond acceptors (Lipinski definition) is 4. The van der Waals surface area contributed by atoms with Crippen LogP contribution in [0.4, 0.5) is 0 Å². The third-order valence-corrected chi connectivity index (χ3v) is 3.18. The predicted molar refractivity (Wildman–Crippen MR) is 70.8 cm³/mol. The Labute approximate surface area is 109 Å². The lowest BCUT2D eigenvalue weighted by atomic mass is 10.1. The minimum Gasteiger partial charge on any atom is -0.480 e. The summed E-state index contributed by atoms with van der Waals surface area (Å²) < 4.78 is 5.10. The first kappa shape index (κ1) is 15.4. The molecule has 0 amide bonds. The molecule has 0 aliphatic heterocycles. The summed E-state index contributed by atoms with van der Waals surface area (Å²) in [5.74, 6) is -0.758. The smallest absolute Gasteiger partial charge is 0.320 e. The Morgan fingerprint density at radius 1 is 1.44 bits per heavy atom. The number of hydrogen-bond donors (Lipinski definition) is 2. The first-order chi connectivity index (χ1) is 8.54. The molecule has 0 aromatic carbocycles. The predicted octanol–water partition coefficient (Wildman–Crippen LogP) is 0.939. The second kappa shape index (κ2) is 7.71. The Bertz CT molecular complexity index is 255. The minimum absolute atomic E-state index is 0.194. The van der Waals surface area contributed by atoms with Gasteiger partial charge in [0.2, 0.25) is 0 Å². The van der Waals surface area contributed by atoms with Crippen LogP contribution >= 0.6 is 0 Å². The zero-order chi connectivity index (χ0) is 13.5. The van der Waals surface area contributed by atoms with Gasteiger partial charge in [0, 0.05) is 32.3 Å². The van der Waals surface area contributed by atoms with Gasteiger partial charge in [-0.15, -0.1) is 0 Å². The highest BCUT2D eigenvalue weighted by atomic mass is 16.5. The molecular formula is C13H26N2O3. The van der Waals surface area contributed by atoms with Crippen molar-refractivity contribution < 1.29 is 14.6 Å². The highest BCUT2D eigenvalue weighted by Crippen LogP contribution is 2.26. The topological polar surface area (TPSA) is 61.8 Å². The van der Waals surface area contributed by atoms with Crippen molar-refractivity contribution in [2.24, 2.45) is 0 Å². The Balaban J connectivity index is 2.35. The van der Waals surface area contributed by atoms with Crippen molar-refractivity contribution in [2.75, 3.05) is 26.8 Å². The normalized spacial score (nSPS) is 17.4. The van der Waals surface area contributed by atoms with E-state index in [-0.39, 0.29) is 6.04 Å². The van der Waals surface area contributed by atoms with Gasteiger partial charge in [0.15, 0.2) is 0 Å². The number of nitrogens with zero attached hydrogens (tertiary/aromatic N) is 1. The van der Waals surface area contributed by atoms with Crippen molar-refractivity contribution in [3.63, 3.8) is 0 Å². The van der Waals surface area contributed by atoms with Crippen molar-refractivity contribution in [2.45, 2.75) is 51.2 Å². The van der Waals surface area contributed by atoms with Crippen LogP contribution in [0.1, 0.15) is 33.1 Å². The second-order valence-corrected chi connectivity index (χ2v) is 5.26. The molecule has 0 spiro atoms. The largest absolute Gasteiger partial charge is 0.480 e. The molecule has 1 saturated carbocycles. The Morgan fingerprint density at radius 2 is 2.11 bits per heavy atom. The van der Waals surface area contributed by atoms with Crippen molar-refractivity contribution >= 4 is 5.97 Å². The fourth-order valence-corrected chi connectivity index (χ4v) is 2.10. The zero-order valence-electron chi connectivity index (χ0n) is 11.7. The van der Waals surface area contributed by atoms with Crippen LogP contribution in [0.3, 0.4) is 0 Å². The third kappa shape index (κ3) is 5.80. The number of carboxylic acid groups (broad SMARTS) is 1. The molecule has 0 aromatic heterocycles. The van der Waals surface area contributed by atoms with Crippen LogP contribution in [0.5, 0.6) is 0 Å². The van der Waals surface area contributed by atoms with Gasteiger partial charge in [-0.3, -0.25) is 9.69 Å². The standard InChI is InChI=1S/C13H26N2O3/c1-10(2)14-12(13(16)17)6-7-15(8-9-18-3)11-4-5-11/h10-12,14H,4-9H2,1-3H3,(H,16,17). The molecule has 0 radical (unpaired) electrons. The van der Waals surface area contributed by atoms with Gasteiger partial charge in [-0.2, -0.15) is 0 Å². The van der Waals surface area contributed by atoms with Gasteiger partial charge in [-0.25, -0.2) is 0 Å². The molecule has 106 valence electrons. The van der Waals surface area contributed by atoms with Crippen molar-refractivity contribution in [3.05, 3.63) is 0 Å². The molecule has 1 rings (SSSR count). The highest BCUT2D eigenvalue weighted by Gasteiger charge is 2.29. The molecule has 1 aliphatic rings. The molecule has 5 nitrogen and oxygen atoms in total. The van der Waals surface area contributed by atoms with E-state index in [1.54, 1.807) is 7.11 Å². The van der Waals surface area contributed by atoms with Crippen LogP contribution in [0.15, 0.2) is 0 Å². The van der Waals surface area contributed by atoms with Crippen LogP contribution in [-0.4, -0.2) is 60.9 Å². The summed E-state index contributed by atoms with van der Waals surface area (Å²) in [5, 5.41) is 12.3. The monoisotopic (exact) mass is 258 g/mol. The van der Waals surface area contributed by atoms with Gasteiger partial charge in [0.1, 0.15) is 6.04 Å². The summed E-state index contributed by atoms with van der Waals surface area (Å²) in [6.07, 6.45) is 3.12. The third-order valence-electron chi connectivity index (χ3n) is 3.18. The number of ether oxygens (including phenoxy) is 1. The molecule has 5 heteroatoms. The van der Waals surface area contributed by atoms with Gasteiger partial charge in [-0.1, -0.05) is 13.8 Å². The molecule has 0 saturated heterocycles. The van der Waals surface area contributed by atoms with Gasteiger partial charge < -0.3 is 15.2 Å². The number of rotatable bonds is 10. The molecule has 2 N–H and O–H groups in total. The Kier molecular flexibility index (Phi) is 6.60. The van der Waals surface area contributed by atoms with Gasteiger partial charge in [0.25, 0.3) is 0 Å². The lowest BCUT2D eigenvalue weighted by Gasteiger charge is -2.24. The lowest BCUT2D eigenvalue weighted by molar-refractivity contribution is -0.140. The zero-order valence-corrected chi connectivity index (χ0v) is 11.7. The molecule has 1 aliphatic carbocycles. The molecule has 1 unspecified atom stereocenters. The summed E-state index contributed by atoms with van der Waals surface area (Å²) in [4.78, 5) is 13.5. The fraction of sp³-hybridized carbons (Fsp3) is 0.923. The quantitative estimate of drug-likeness (QED) is 0.610. The van der Waals surface area contributed by atoms with Crippen LogP contribution in [0.25, 0.3) is 0 Å². The van der Waals surface area contributed by atoms with Gasteiger partial charge in [0.05, 0.1) is 6.61 Å². The van der Waals surface area contributed by atoms with E-state index in [0.717, 1.165) is 13.1 Å². The lowest BCUT2D eigenvalue weighted by Crippen LogP contribution is -2.43. The Morgan fingerprint density at radius 3 is 2.56 bits per heavy atom. The average Bonchev–Trinajstić information content (AvgIpc) is 3.10. The number of carbonyl (C=O) groups is 1. The molecule has 0 heterocycles. The molecule has 18 heavy (non-hydrogen) atoms. The molecule has 1 atom stereocenters. The van der Waals surface area contributed by atoms with Crippen LogP contribution < -0.4 is 5.32 Å². The van der Waals surface area contributed by atoms with Crippen LogP contribution in [0, 0.1) is 0 Å². The summed E-state index contributed by atoms with van der Waals surface area (Å²) in [5.41, 5.74) is 0. The number of methoxy groups -OCH3 is 1. The van der Waals surface area contributed by atoms with E-state index in [1.165, 1.54) is 12.8 Å². The first-order valence-corrected chi connectivity index (χ1v) is 6.76. The summed E-state index contributed by atoms with van der Waals surface area (Å²) in [6, 6.07) is 0.391.